The van der Waals surface area contributed by atoms with E-state index in [1.807, 2.05) is 19.4 Å². The Balaban J connectivity index is 2.68. The first kappa shape index (κ1) is 15.6. The van der Waals surface area contributed by atoms with Crippen LogP contribution in [0.3, 0.4) is 0 Å². The summed E-state index contributed by atoms with van der Waals surface area (Å²) in [6.07, 6.45) is 0. The zero-order valence-corrected chi connectivity index (χ0v) is 13.0. The van der Waals surface area contributed by atoms with Gasteiger partial charge in [0.05, 0.1) is 0 Å². The molecule has 1 atom stereocenters. The second kappa shape index (κ2) is 6.65. The van der Waals surface area contributed by atoms with E-state index in [1.54, 1.807) is 6.07 Å². The van der Waals surface area contributed by atoms with E-state index in [0.29, 0.717) is 29.1 Å². The summed E-state index contributed by atoms with van der Waals surface area (Å²) < 4.78 is 27.2. The molecule has 1 aromatic heterocycles. The Morgan fingerprint density at radius 3 is 2.56 bits per heavy atom. The molecule has 0 saturated carbocycles. The third-order valence-corrected chi connectivity index (χ3v) is 5.92. The van der Waals surface area contributed by atoms with E-state index in [0.717, 1.165) is 5.56 Å². The molecule has 0 radical (unpaired) electrons. The first-order chi connectivity index (χ1) is 8.36. The topological polar surface area (TPSA) is 58.2 Å². The maximum Gasteiger partial charge on any atom is 0.250 e. The molecule has 1 rings (SSSR count). The Morgan fingerprint density at radius 1 is 1.33 bits per heavy atom. The molecule has 18 heavy (non-hydrogen) atoms. The molecule has 0 spiro atoms. The second-order valence-electron chi connectivity index (χ2n) is 4.88. The summed E-state index contributed by atoms with van der Waals surface area (Å²) >= 11 is 1.27. The Kier molecular flexibility index (Phi) is 5.78. The summed E-state index contributed by atoms with van der Waals surface area (Å²) in [5.41, 5.74) is 1.000. The van der Waals surface area contributed by atoms with Crippen molar-refractivity contribution in [2.45, 2.75) is 31.5 Å². The summed E-state index contributed by atoms with van der Waals surface area (Å²) in [6, 6.07) is 1.73. The quantitative estimate of drug-likeness (QED) is 0.808. The van der Waals surface area contributed by atoms with E-state index in [9.17, 15) is 8.42 Å². The summed E-state index contributed by atoms with van der Waals surface area (Å²) in [6.45, 7) is 7.41. The third kappa shape index (κ3) is 4.35. The molecular weight excluding hydrogens is 268 g/mol. The van der Waals surface area contributed by atoms with Crippen molar-refractivity contribution >= 4 is 21.4 Å². The molecule has 1 unspecified atom stereocenters. The molecule has 0 amide bonds. The van der Waals surface area contributed by atoms with Crippen LogP contribution in [0.1, 0.15) is 26.3 Å². The van der Waals surface area contributed by atoms with Crippen LogP contribution in [0, 0.1) is 11.8 Å². The zero-order chi connectivity index (χ0) is 13.8. The lowest BCUT2D eigenvalue weighted by Crippen LogP contribution is -2.29. The van der Waals surface area contributed by atoms with Gasteiger partial charge < -0.3 is 5.32 Å². The van der Waals surface area contributed by atoms with Crippen molar-refractivity contribution < 1.29 is 8.42 Å². The minimum atomic E-state index is -3.35. The molecule has 0 aromatic carbocycles. The van der Waals surface area contributed by atoms with Gasteiger partial charge in [0, 0.05) is 13.1 Å². The van der Waals surface area contributed by atoms with E-state index in [-0.39, 0.29) is 0 Å². The van der Waals surface area contributed by atoms with Gasteiger partial charge >= 0.3 is 0 Å². The highest BCUT2D eigenvalue weighted by molar-refractivity contribution is 7.91. The summed E-state index contributed by atoms with van der Waals surface area (Å²) in [4.78, 5) is 0. The standard InChI is InChI=1S/C12H22N2O2S2/c1-9(2)10(3)6-14-18(15,16)12-5-11(7-13-4)8-17-12/h5,8-10,13-14H,6-7H2,1-4H3. The smallest absolute Gasteiger partial charge is 0.250 e. The van der Waals surface area contributed by atoms with Crippen molar-refractivity contribution in [2.24, 2.45) is 11.8 Å². The first-order valence-electron chi connectivity index (χ1n) is 6.08. The highest BCUT2D eigenvalue weighted by Crippen LogP contribution is 2.20. The average molecular weight is 290 g/mol. The maximum absolute atomic E-state index is 12.1. The number of hydrogen-bond donors (Lipinski definition) is 2. The lowest BCUT2D eigenvalue weighted by atomic mass is 9.99. The van der Waals surface area contributed by atoms with Crippen LogP contribution in [-0.2, 0) is 16.6 Å². The Labute approximate surface area is 114 Å². The van der Waals surface area contributed by atoms with Crippen LogP contribution in [0.15, 0.2) is 15.7 Å². The maximum atomic E-state index is 12.1. The van der Waals surface area contributed by atoms with Crippen LogP contribution in [0.25, 0.3) is 0 Å². The van der Waals surface area contributed by atoms with Gasteiger partial charge in [0.25, 0.3) is 0 Å². The average Bonchev–Trinajstić information content (AvgIpc) is 2.75. The van der Waals surface area contributed by atoms with Gasteiger partial charge in [0.1, 0.15) is 4.21 Å². The van der Waals surface area contributed by atoms with Gasteiger partial charge in [-0.2, -0.15) is 0 Å². The van der Waals surface area contributed by atoms with Gasteiger partial charge in [0.15, 0.2) is 0 Å². The molecule has 104 valence electrons. The van der Waals surface area contributed by atoms with E-state index >= 15 is 0 Å². The largest absolute Gasteiger partial charge is 0.316 e. The van der Waals surface area contributed by atoms with Crippen LogP contribution in [0.5, 0.6) is 0 Å². The molecule has 0 saturated heterocycles. The highest BCUT2D eigenvalue weighted by Gasteiger charge is 2.18. The molecular formula is C12H22N2O2S2. The molecule has 1 heterocycles. The van der Waals surface area contributed by atoms with E-state index in [4.69, 9.17) is 0 Å². The molecule has 4 nitrogen and oxygen atoms in total. The fourth-order valence-corrected chi connectivity index (χ4v) is 3.74. The Bertz CT molecular complexity index is 466. The molecule has 1 aromatic rings. The fraction of sp³-hybridized carbons (Fsp3) is 0.667. The van der Waals surface area contributed by atoms with Gasteiger partial charge in [-0.3, -0.25) is 0 Å². The predicted molar refractivity (Wildman–Crippen MR) is 76.3 cm³/mol. The molecule has 0 aliphatic carbocycles. The van der Waals surface area contributed by atoms with Crippen molar-refractivity contribution in [1.82, 2.24) is 10.0 Å². The van der Waals surface area contributed by atoms with Crippen molar-refractivity contribution in [2.75, 3.05) is 13.6 Å². The van der Waals surface area contributed by atoms with Gasteiger partial charge in [-0.05, 0) is 35.9 Å². The van der Waals surface area contributed by atoms with E-state index < -0.39 is 10.0 Å². The van der Waals surface area contributed by atoms with Crippen LogP contribution in [0.4, 0.5) is 0 Å². The second-order valence-corrected chi connectivity index (χ2v) is 7.78. The minimum Gasteiger partial charge on any atom is -0.316 e. The molecule has 6 heteroatoms. The summed E-state index contributed by atoms with van der Waals surface area (Å²) in [5.74, 6) is 0.799. The Hall–Kier alpha value is -0.430. The Morgan fingerprint density at radius 2 is 2.00 bits per heavy atom. The van der Waals surface area contributed by atoms with Crippen LogP contribution < -0.4 is 10.0 Å². The lowest BCUT2D eigenvalue weighted by Gasteiger charge is -2.15. The minimum absolute atomic E-state index is 0.330. The van der Waals surface area contributed by atoms with Crippen LogP contribution in [-0.4, -0.2) is 22.0 Å². The molecule has 0 aliphatic heterocycles. The van der Waals surface area contributed by atoms with Gasteiger partial charge in [-0.25, -0.2) is 13.1 Å². The third-order valence-electron chi connectivity index (χ3n) is 3.01. The molecule has 2 N–H and O–H groups in total. The number of sulfonamides is 1. The SMILES string of the molecule is CNCc1csc(S(=O)(=O)NCC(C)C(C)C)c1. The van der Waals surface area contributed by atoms with Crippen molar-refractivity contribution in [3.8, 4) is 0 Å². The van der Waals surface area contributed by atoms with Crippen LogP contribution >= 0.6 is 11.3 Å². The van der Waals surface area contributed by atoms with Gasteiger partial charge in [-0.1, -0.05) is 20.8 Å². The normalized spacial score (nSPS) is 14.1. The fourth-order valence-electron chi connectivity index (χ4n) is 1.34. The monoisotopic (exact) mass is 290 g/mol. The highest BCUT2D eigenvalue weighted by atomic mass is 32.2. The summed E-state index contributed by atoms with van der Waals surface area (Å²) in [7, 11) is -1.50. The van der Waals surface area contributed by atoms with Crippen molar-refractivity contribution in [3.63, 3.8) is 0 Å². The number of hydrogen-bond acceptors (Lipinski definition) is 4. The van der Waals surface area contributed by atoms with Crippen LogP contribution in [0.2, 0.25) is 0 Å². The number of thiophene rings is 1. The molecule has 0 fully saturated rings. The summed E-state index contributed by atoms with van der Waals surface area (Å²) in [5, 5.41) is 4.88. The molecule has 0 aliphatic rings. The van der Waals surface area contributed by atoms with Crippen molar-refractivity contribution in [3.05, 3.63) is 17.0 Å². The predicted octanol–water partition coefficient (Wildman–Crippen LogP) is 2.04. The first-order valence-corrected chi connectivity index (χ1v) is 8.44. The van der Waals surface area contributed by atoms with E-state index in [1.165, 1.54) is 11.3 Å². The lowest BCUT2D eigenvalue weighted by molar-refractivity contribution is 0.415. The van der Waals surface area contributed by atoms with Crippen molar-refractivity contribution in [1.29, 1.82) is 0 Å². The van der Waals surface area contributed by atoms with Gasteiger partial charge in [0.2, 0.25) is 10.0 Å². The van der Waals surface area contributed by atoms with Gasteiger partial charge in [-0.15, -0.1) is 11.3 Å². The molecule has 0 bridgehead atoms. The number of rotatable bonds is 7. The number of nitrogens with one attached hydrogen (secondary N) is 2. The zero-order valence-electron chi connectivity index (χ0n) is 11.4. The van der Waals surface area contributed by atoms with E-state index in [2.05, 4.69) is 23.9 Å².